The van der Waals surface area contributed by atoms with Crippen LogP contribution in [0, 0.1) is 0 Å². The molecule has 0 radical (unpaired) electrons. The number of unbranched alkanes of at least 4 members (excludes halogenated alkanes) is 15. The van der Waals surface area contributed by atoms with Crippen LogP contribution in [0.15, 0.2) is 91.0 Å². The van der Waals surface area contributed by atoms with Crippen LogP contribution in [-0.2, 0) is 38.8 Å². The Hall–Kier alpha value is -2.59. The second-order valence-electron chi connectivity index (χ2n) is 14.1. The topological polar surface area (TPSA) is 80.3 Å². The van der Waals surface area contributed by atoms with Crippen molar-refractivity contribution < 1.29 is 31.5 Å². The van der Waals surface area contributed by atoms with Crippen LogP contribution in [-0.4, -0.2) is 67.0 Å². The number of ether oxygens (including phenoxy) is 4. The van der Waals surface area contributed by atoms with Crippen LogP contribution in [0.4, 0.5) is 0 Å². The third-order valence-corrected chi connectivity index (χ3v) is 10.1. The zero-order chi connectivity index (χ0) is 37.7. The minimum atomic E-state index is -3.64. The van der Waals surface area contributed by atoms with E-state index in [0.717, 1.165) is 35.8 Å². The van der Waals surface area contributed by atoms with Crippen LogP contribution in [0.3, 0.4) is 0 Å². The lowest BCUT2D eigenvalue weighted by molar-refractivity contribution is -0.0442. The summed E-state index contributed by atoms with van der Waals surface area (Å²) >= 11 is 0. The summed E-state index contributed by atoms with van der Waals surface area (Å²) in [5.74, 6) is 0. The molecule has 0 bridgehead atoms. The molecule has 3 aromatic rings. The molecule has 7 nitrogen and oxygen atoms in total. The van der Waals surface area contributed by atoms with Gasteiger partial charge >= 0.3 is 0 Å². The van der Waals surface area contributed by atoms with Crippen molar-refractivity contribution in [3.8, 4) is 0 Å². The third kappa shape index (κ3) is 19.0. The van der Waals surface area contributed by atoms with Gasteiger partial charge in [0.05, 0.1) is 45.9 Å². The molecule has 0 heterocycles. The Labute approximate surface area is 322 Å². The maximum atomic E-state index is 11.9. The molecule has 0 saturated carbocycles. The Morgan fingerprint density at radius 2 is 0.830 bits per heavy atom. The van der Waals surface area contributed by atoms with Gasteiger partial charge in [-0.2, -0.15) is 8.42 Å². The van der Waals surface area contributed by atoms with Gasteiger partial charge in [-0.25, -0.2) is 0 Å². The van der Waals surface area contributed by atoms with E-state index in [0.29, 0.717) is 33.0 Å². The molecule has 3 aromatic carbocycles. The molecule has 0 saturated heterocycles. The SMILES string of the molecule is CCCCCCCCCCCCCCCCCCOCC(COCCOCCOC(c1ccccc1)(c1ccccc1)c1ccccc1)OS(C)(=O)=O. The van der Waals surface area contributed by atoms with Gasteiger partial charge in [-0.1, -0.05) is 194 Å². The minimum Gasteiger partial charge on any atom is -0.379 e. The second-order valence-corrected chi connectivity index (χ2v) is 15.7. The summed E-state index contributed by atoms with van der Waals surface area (Å²) in [6, 6.07) is 30.7. The fraction of sp³-hybridized carbons (Fsp3) is 0.600. The lowest BCUT2D eigenvalue weighted by Gasteiger charge is -2.36. The lowest BCUT2D eigenvalue weighted by atomic mass is 9.80. The van der Waals surface area contributed by atoms with Crippen molar-refractivity contribution >= 4 is 10.1 Å². The van der Waals surface area contributed by atoms with Crippen molar-refractivity contribution in [2.24, 2.45) is 0 Å². The van der Waals surface area contributed by atoms with E-state index in [1.165, 1.54) is 89.9 Å². The average Bonchev–Trinajstić information content (AvgIpc) is 3.17. The fourth-order valence-corrected chi connectivity index (χ4v) is 7.38. The van der Waals surface area contributed by atoms with Gasteiger partial charge in [-0.05, 0) is 23.1 Å². The highest BCUT2D eigenvalue weighted by molar-refractivity contribution is 7.86. The van der Waals surface area contributed by atoms with Gasteiger partial charge in [0.15, 0.2) is 0 Å². The van der Waals surface area contributed by atoms with E-state index in [1.807, 2.05) is 54.6 Å². The van der Waals surface area contributed by atoms with Gasteiger partial charge in [0.1, 0.15) is 11.7 Å². The maximum absolute atomic E-state index is 11.9. The van der Waals surface area contributed by atoms with Crippen LogP contribution in [0.25, 0.3) is 0 Å². The Bertz CT molecular complexity index is 1290. The highest BCUT2D eigenvalue weighted by Crippen LogP contribution is 2.40. The van der Waals surface area contributed by atoms with Crippen molar-refractivity contribution in [2.45, 2.75) is 121 Å². The fourth-order valence-electron chi connectivity index (χ4n) is 6.77. The molecule has 0 aliphatic carbocycles. The Morgan fingerprint density at radius 3 is 1.25 bits per heavy atom. The first kappa shape index (κ1) is 44.8. The Kier molecular flexibility index (Phi) is 23.6. The highest BCUT2D eigenvalue weighted by Gasteiger charge is 2.37. The molecule has 0 fully saturated rings. The standard InChI is InChI=1S/C45H68O7S/c1-3-4-5-6-7-8-9-10-11-12-13-14-15-16-17-27-34-49-39-44(52-53(2,46)47)40-50-36-35-48-37-38-51-45(41-28-21-18-22-29-41,42-30-23-19-24-31-42)43-32-25-20-26-33-43/h18-26,28-33,44H,3-17,27,34-40H2,1-2H3. The molecular weight excluding hydrogens is 685 g/mol. The summed E-state index contributed by atoms with van der Waals surface area (Å²) in [6.07, 6.45) is 21.5. The summed E-state index contributed by atoms with van der Waals surface area (Å²) in [7, 11) is -3.64. The van der Waals surface area contributed by atoms with Crippen molar-refractivity contribution in [1.82, 2.24) is 0 Å². The molecule has 296 valence electrons. The van der Waals surface area contributed by atoms with E-state index in [1.54, 1.807) is 0 Å². The van der Waals surface area contributed by atoms with Gasteiger partial charge < -0.3 is 18.9 Å². The molecule has 0 aliphatic rings. The largest absolute Gasteiger partial charge is 0.379 e. The van der Waals surface area contributed by atoms with E-state index in [2.05, 4.69) is 43.3 Å². The zero-order valence-electron chi connectivity index (χ0n) is 32.8. The van der Waals surface area contributed by atoms with E-state index < -0.39 is 21.8 Å². The monoisotopic (exact) mass is 752 g/mol. The second kappa shape index (κ2) is 27.9. The van der Waals surface area contributed by atoms with Gasteiger partial charge in [0.2, 0.25) is 0 Å². The Morgan fingerprint density at radius 1 is 0.472 bits per heavy atom. The maximum Gasteiger partial charge on any atom is 0.264 e. The van der Waals surface area contributed by atoms with Crippen LogP contribution in [0.2, 0.25) is 0 Å². The molecule has 0 aliphatic heterocycles. The first-order chi connectivity index (χ1) is 26.0. The molecule has 0 N–H and O–H groups in total. The Balaban J connectivity index is 1.27. The molecule has 0 aromatic heterocycles. The molecule has 3 rings (SSSR count). The molecular formula is C45H68O7S. The molecule has 0 amide bonds. The van der Waals surface area contributed by atoms with E-state index in [9.17, 15) is 8.42 Å². The smallest absolute Gasteiger partial charge is 0.264 e. The van der Waals surface area contributed by atoms with E-state index >= 15 is 0 Å². The number of hydrogen-bond acceptors (Lipinski definition) is 7. The normalized spacial score (nSPS) is 12.6. The van der Waals surface area contributed by atoms with Crippen molar-refractivity contribution in [3.05, 3.63) is 108 Å². The summed E-state index contributed by atoms with van der Waals surface area (Å²) < 4.78 is 53.1. The molecule has 0 spiro atoms. The molecule has 1 atom stereocenters. The van der Waals surface area contributed by atoms with E-state index in [4.69, 9.17) is 23.1 Å². The summed E-state index contributed by atoms with van der Waals surface area (Å²) in [5, 5.41) is 0. The predicted octanol–water partition coefficient (Wildman–Crippen LogP) is 10.7. The molecule has 1 unspecified atom stereocenters. The number of hydrogen-bond donors (Lipinski definition) is 0. The average molecular weight is 753 g/mol. The number of rotatable bonds is 33. The lowest BCUT2D eigenvalue weighted by Crippen LogP contribution is -2.34. The third-order valence-electron chi connectivity index (χ3n) is 9.52. The summed E-state index contributed by atoms with van der Waals surface area (Å²) in [5.41, 5.74) is 2.31. The predicted molar refractivity (Wildman–Crippen MR) is 217 cm³/mol. The quantitative estimate of drug-likeness (QED) is 0.0348. The first-order valence-electron chi connectivity index (χ1n) is 20.4. The summed E-state index contributed by atoms with van der Waals surface area (Å²) in [4.78, 5) is 0. The number of benzene rings is 3. The van der Waals surface area contributed by atoms with Crippen molar-refractivity contribution in [1.29, 1.82) is 0 Å². The first-order valence-corrected chi connectivity index (χ1v) is 22.2. The van der Waals surface area contributed by atoms with Crippen LogP contribution < -0.4 is 0 Å². The molecule has 53 heavy (non-hydrogen) atoms. The van der Waals surface area contributed by atoms with Crippen LogP contribution >= 0.6 is 0 Å². The highest BCUT2D eigenvalue weighted by atomic mass is 32.2. The van der Waals surface area contributed by atoms with Gasteiger partial charge in [-0.3, -0.25) is 4.18 Å². The van der Waals surface area contributed by atoms with Gasteiger partial charge in [0.25, 0.3) is 10.1 Å². The van der Waals surface area contributed by atoms with Gasteiger partial charge in [0, 0.05) is 6.61 Å². The van der Waals surface area contributed by atoms with E-state index in [-0.39, 0.29) is 13.2 Å². The van der Waals surface area contributed by atoms with Crippen molar-refractivity contribution in [2.75, 3.05) is 52.5 Å². The minimum absolute atomic E-state index is 0.102. The van der Waals surface area contributed by atoms with Crippen LogP contribution in [0.1, 0.15) is 126 Å². The summed E-state index contributed by atoms with van der Waals surface area (Å²) in [6.45, 7) is 4.48. The molecule has 8 heteroatoms. The van der Waals surface area contributed by atoms with Gasteiger partial charge in [-0.15, -0.1) is 0 Å². The van der Waals surface area contributed by atoms with Crippen LogP contribution in [0.5, 0.6) is 0 Å². The van der Waals surface area contributed by atoms with Crippen molar-refractivity contribution in [3.63, 3.8) is 0 Å². The zero-order valence-corrected chi connectivity index (χ0v) is 33.6.